The second-order valence-corrected chi connectivity index (χ2v) is 6.56. The lowest BCUT2D eigenvalue weighted by Gasteiger charge is -2.05. The van der Waals surface area contributed by atoms with Crippen LogP contribution in [0.4, 0.5) is 4.39 Å². The van der Waals surface area contributed by atoms with Crippen LogP contribution in [0.15, 0.2) is 29.6 Å². The van der Waals surface area contributed by atoms with Crippen molar-refractivity contribution >= 4 is 40.3 Å². The SMILES string of the molecule is O=C(NC1CC1)c1cc2c(/C=C/c3cccs3)n[nH]c2cc1F. The zero-order valence-corrected chi connectivity index (χ0v) is 13.0. The van der Waals surface area contributed by atoms with Crippen molar-refractivity contribution in [3.05, 3.63) is 51.6 Å². The smallest absolute Gasteiger partial charge is 0.254 e. The number of halogens is 1. The highest BCUT2D eigenvalue weighted by Crippen LogP contribution is 2.24. The van der Waals surface area contributed by atoms with E-state index in [1.807, 2.05) is 29.7 Å². The van der Waals surface area contributed by atoms with E-state index in [1.165, 1.54) is 6.07 Å². The van der Waals surface area contributed by atoms with Crippen molar-refractivity contribution in [2.75, 3.05) is 0 Å². The second-order valence-electron chi connectivity index (χ2n) is 5.58. The van der Waals surface area contributed by atoms with E-state index < -0.39 is 5.82 Å². The predicted octanol–water partition coefficient (Wildman–Crippen LogP) is 3.83. The normalized spacial score (nSPS) is 14.7. The number of hydrogen-bond acceptors (Lipinski definition) is 3. The van der Waals surface area contributed by atoms with Crippen molar-refractivity contribution in [2.45, 2.75) is 18.9 Å². The minimum absolute atomic E-state index is 0.0663. The van der Waals surface area contributed by atoms with Gasteiger partial charge in [0.05, 0.1) is 16.8 Å². The number of nitrogens with zero attached hydrogens (tertiary/aromatic N) is 1. The van der Waals surface area contributed by atoms with Crippen LogP contribution in [0.25, 0.3) is 23.1 Å². The first-order valence-corrected chi connectivity index (χ1v) is 8.29. The maximum absolute atomic E-state index is 14.1. The molecule has 0 atom stereocenters. The number of hydrogen-bond donors (Lipinski definition) is 2. The number of carbonyl (C=O) groups is 1. The molecule has 2 heterocycles. The molecule has 2 N–H and O–H groups in total. The molecule has 4 nitrogen and oxygen atoms in total. The third kappa shape index (κ3) is 2.90. The van der Waals surface area contributed by atoms with Gasteiger partial charge in [0.2, 0.25) is 0 Å². The molecule has 1 aliphatic rings. The summed E-state index contributed by atoms with van der Waals surface area (Å²) in [5, 5.41) is 12.6. The summed E-state index contributed by atoms with van der Waals surface area (Å²) in [5.74, 6) is -0.894. The van der Waals surface area contributed by atoms with Crippen LogP contribution >= 0.6 is 11.3 Å². The number of nitrogens with one attached hydrogen (secondary N) is 2. The molecule has 0 unspecified atom stereocenters. The fourth-order valence-corrected chi connectivity index (χ4v) is 3.02. The first-order valence-electron chi connectivity index (χ1n) is 7.41. The Labute approximate surface area is 136 Å². The van der Waals surface area contributed by atoms with Crippen molar-refractivity contribution in [1.29, 1.82) is 0 Å². The Balaban J connectivity index is 1.70. The topological polar surface area (TPSA) is 57.8 Å². The molecule has 1 aliphatic carbocycles. The zero-order chi connectivity index (χ0) is 15.8. The number of aromatic nitrogens is 2. The number of carbonyl (C=O) groups excluding carboxylic acids is 1. The third-order valence-corrected chi connectivity index (χ3v) is 4.62. The van der Waals surface area contributed by atoms with Gasteiger partial charge in [-0.25, -0.2) is 4.39 Å². The first-order chi connectivity index (χ1) is 11.2. The summed E-state index contributed by atoms with van der Waals surface area (Å²) in [6.45, 7) is 0. The lowest BCUT2D eigenvalue weighted by Crippen LogP contribution is -2.26. The Bertz CT molecular complexity index is 894. The lowest BCUT2D eigenvalue weighted by molar-refractivity contribution is 0.0947. The Morgan fingerprint density at radius 1 is 1.39 bits per heavy atom. The Kier molecular flexibility index (Phi) is 3.46. The van der Waals surface area contributed by atoms with Gasteiger partial charge in [0.1, 0.15) is 5.82 Å². The number of thiophene rings is 1. The van der Waals surface area contributed by atoms with E-state index in [4.69, 9.17) is 0 Å². The first kappa shape index (κ1) is 14.1. The Morgan fingerprint density at radius 2 is 2.26 bits per heavy atom. The van der Waals surface area contributed by atoms with Crippen LogP contribution in [0.2, 0.25) is 0 Å². The molecule has 1 aromatic carbocycles. The maximum atomic E-state index is 14.1. The molecule has 1 saturated carbocycles. The molecule has 0 spiro atoms. The summed E-state index contributed by atoms with van der Waals surface area (Å²) in [5.41, 5.74) is 1.33. The van der Waals surface area contributed by atoms with E-state index in [-0.39, 0.29) is 17.5 Å². The molecule has 23 heavy (non-hydrogen) atoms. The van der Waals surface area contributed by atoms with E-state index in [1.54, 1.807) is 17.4 Å². The van der Waals surface area contributed by atoms with E-state index in [2.05, 4.69) is 15.5 Å². The van der Waals surface area contributed by atoms with Gasteiger partial charge >= 0.3 is 0 Å². The van der Waals surface area contributed by atoms with Crippen LogP contribution < -0.4 is 5.32 Å². The molecular weight excluding hydrogens is 313 g/mol. The van der Waals surface area contributed by atoms with Crippen LogP contribution in [0.3, 0.4) is 0 Å². The lowest BCUT2D eigenvalue weighted by atomic mass is 10.1. The van der Waals surface area contributed by atoms with Crippen molar-refractivity contribution in [2.24, 2.45) is 0 Å². The highest BCUT2D eigenvalue weighted by molar-refractivity contribution is 7.10. The molecule has 4 rings (SSSR count). The molecule has 0 bridgehead atoms. The summed E-state index contributed by atoms with van der Waals surface area (Å²) in [4.78, 5) is 13.2. The van der Waals surface area contributed by atoms with Gasteiger partial charge in [0.15, 0.2) is 0 Å². The summed E-state index contributed by atoms with van der Waals surface area (Å²) in [6, 6.07) is 7.07. The quantitative estimate of drug-likeness (QED) is 0.765. The van der Waals surface area contributed by atoms with Crippen molar-refractivity contribution in [3.8, 4) is 0 Å². The van der Waals surface area contributed by atoms with Crippen LogP contribution in [-0.2, 0) is 0 Å². The average molecular weight is 327 g/mol. The maximum Gasteiger partial charge on any atom is 0.254 e. The summed E-state index contributed by atoms with van der Waals surface area (Å²) < 4.78 is 14.1. The highest BCUT2D eigenvalue weighted by Gasteiger charge is 2.25. The molecule has 0 radical (unpaired) electrons. The minimum Gasteiger partial charge on any atom is -0.349 e. The molecule has 1 amide bonds. The van der Waals surface area contributed by atoms with Gasteiger partial charge in [0, 0.05) is 22.4 Å². The van der Waals surface area contributed by atoms with Gasteiger partial charge in [-0.05, 0) is 42.5 Å². The van der Waals surface area contributed by atoms with Gasteiger partial charge < -0.3 is 5.32 Å². The van der Waals surface area contributed by atoms with Gasteiger partial charge in [-0.15, -0.1) is 11.3 Å². The number of rotatable bonds is 4. The zero-order valence-electron chi connectivity index (χ0n) is 12.2. The molecule has 116 valence electrons. The van der Waals surface area contributed by atoms with Crippen molar-refractivity contribution < 1.29 is 9.18 Å². The number of fused-ring (bicyclic) bond motifs is 1. The average Bonchev–Trinajstić information content (AvgIpc) is 3.05. The van der Waals surface area contributed by atoms with E-state index in [0.717, 1.165) is 23.1 Å². The van der Waals surface area contributed by atoms with E-state index >= 15 is 0 Å². The number of H-pyrrole nitrogens is 1. The molecule has 0 saturated heterocycles. The van der Waals surface area contributed by atoms with E-state index in [0.29, 0.717) is 11.2 Å². The van der Waals surface area contributed by atoms with Crippen molar-refractivity contribution in [1.82, 2.24) is 15.5 Å². The fraction of sp³-hybridized carbons (Fsp3) is 0.176. The number of benzene rings is 1. The van der Waals surface area contributed by atoms with Gasteiger partial charge in [-0.1, -0.05) is 6.07 Å². The van der Waals surface area contributed by atoms with E-state index in [9.17, 15) is 9.18 Å². The Morgan fingerprint density at radius 3 is 3.00 bits per heavy atom. The molecular formula is C17H14FN3OS. The third-order valence-electron chi connectivity index (χ3n) is 3.79. The molecule has 3 aromatic rings. The van der Waals surface area contributed by atoms with Crippen molar-refractivity contribution in [3.63, 3.8) is 0 Å². The second kappa shape index (κ2) is 5.62. The van der Waals surface area contributed by atoms with Crippen LogP contribution in [0.1, 0.15) is 33.8 Å². The summed E-state index contributed by atoms with van der Waals surface area (Å²) >= 11 is 1.63. The van der Waals surface area contributed by atoms with Gasteiger partial charge in [0.25, 0.3) is 5.91 Å². The summed E-state index contributed by atoms with van der Waals surface area (Å²) in [7, 11) is 0. The van der Waals surface area contributed by atoms with Crippen LogP contribution in [0, 0.1) is 5.82 Å². The Hall–Kier alpha value is -2.47. The molecule has 6 heteroatoms. The van der Waals surface area contributed by atoms with Crippen LogP contribution in [-0.4, -0.2) is 22.1 Å². The molecule has 2 aromatic heterocycles. The highest BCUT2D eigenvalue weighted by atomic mass is 32.1. The largest absolute Gasteiger partial charge is 0.349 e. The fourth-order valence-electron chi connectivity index (χ4n) is 2.40. The minimum atomic E-state index is -0.534. The summed E-state index contributed by atoms with van der Waals surface area (Å²) in [6.07, 6.45) is 5.75. The number of aromatic amines is 1. The van der Waals surface area contributed by atoms with Gasteiger partial charge in [-0.2, -0.15) is 5.10 Å². The van der Waals surface area contributed by atoms with Gasteiger partial charge in [-0.3, -0.25) is 9.89 Å². The predicted molar refractivity (Wildman–Crippen MR) is 89.8 cm³/mol. The molecule has 1 fully saturated rings. The number of amides is 1. The van der Waals surface area contributed by atoms with Crippen LogP contribution in [0.5, 0.6) is 0 Å². The monoisotopic (exact) mass is 327 g/mol. The molecule has 0 aliphatic heterocycles. The standard InChI is InChI=1S/C17H14FN3OS/c18-14-9-16-13(8-12(14)17(22)19-10-3-4-10)15(20-21-16)6-5-11-2-1-7-23-11/h1-2,5-10H,3-4H2,(H,19,22)(H,20,21)/b6-5+.